The molecule has 4 unspecified atom stereocenters. The molecule has 0 spiro atoms. The first-order chi connectivity index (χ1) is 26.7. The lowest BCUT2D eigenvalue weighted by atomic mass is 9.92. The van der Waals surface area contributed by atoms with Gasteiger partial charge in [0.1, 0.15) is 71.6 Å². The van der Waals surface area contributed by atoms with Crippen LogP contribution in [0.15, 0.2) is 48.5 Å². The van der Waals surface area contributed by atoms with Gasteiger partial charge in [-0.2, -0.15) is 0 Å². The van der Waals surface area contributed by atoms with Crippen molar-refractivity contribution in [2.75, 3.05) is 20.3 Å². The quantitative estimate of drug-likeness (QED) is 0.111. The minimum absolute atomic E-state index is 0.0321. The molecule has 2 fully saturated rings. The molecule has 4 heterocycles. The zero-order chi connectivity index (χ0) is 40.2. The molecule has 0 aliphatic carbocycles. The fraction of sp³-hybridized carbons (Fsp3) is 0.472. The fourth-order valence-corrected chi connectivity index (χ4v) is 6.93. The van der Waals surface area contributed by atoms with Crippen LogP contribution in [0.2, 0.25) is 0 Å². The summed E-state index contributed by atoms with van der Waals surface area (Å²) < 4.78 is 46.4. The Kier molecular flexibility index (Phi) is 11.2. The number of aromatic hydroxyl groups is 3. The lowest BCUT2D eigenvalue weighted by Crippen LogP contribution is -2.65. The Balaban J connectivity index is 1.15. The average molecular weight is 793 g/mol. The highest BCUT2D eigenvalue weighted by molar-refractivity contribution is 6.05. The lowest BCUT2D eigenvalue weighted by molar-refractivity contribution is -0.373. The van der Waals surface area contributed by atoms with Crippen LogP contribution in [-0.2, 0) is 18.9 Å². The molecule has 0 saturated carbocycles. The summed E-state index contributed by atoms with van der Waals surface area (Å²) in [6.07, 6.45) is -23.0. The number of benzene rings is 3. The van der Waals surface area contributed by atoms with Crippen molar-refractivity contribution in [3.8, 4) is 40.2 Å². The number of aliphatic hydroxyl groups is 8. The van der Waals surface area contributed by atoms with Crippen LogP contribution < -0.4 is 18.9 Å². The van der Waals surface area contributed by atoms with Gasteiger partial charge in [0.25, 0.3) is 0 Å². The van der Waals surface area contributed by atoms with Crippen LogP contribution in [0, 0.1) is 0 Å². The summed E-state index contributed by atoms with van der Waals surface area (Å²) in [5, 5.41) is 114. The highest BCUT2D eigenvalue weighted by atomic mass is 16.8. The van der Waals surface area contributed by atoms with E-state index in [0.717, 1.165) is 12.1 Å². The second kappa shape index (κ2) is 15.8. The SMILES string of the molecule is COc1cc(C2Oc3cc(C4Oc5cc(O)cc(O)c5C(=O)C4O)ccc3OC2O[C@H]2O[C@H](CO)[C@@H](O[C@H]3O[C@H](CO)[C@@H](O)[C@H](O)[C@H]3O)[C@H](O)[C@H]2O)ccc1O. The molecular weight excluding hydrogens is 752 g/mol. The number of methoxy groups -OCH3 is 1. The number of hydrogen-bond acceptors (Lipinski definition) is 20. The third-order valence-electron chi connectivity index (χ3n) is 9.92. The van der Waals surface area contributed by atoms with Crippen molar-refractivity contribution in [1.29, 1.82) is 0 Å². The van der Waals surface area contributed by atoms with Gasteiger partial charge in [-0.05, 0) is 29.8 Å². The zero-order valence-corrected chi connectivity index (χ0v) is 29.2. The number of hydrogen-bond donors (Lipinski definition) is 11. The van der Waals surface area contributed by atoms with E-state index in [4.69, 9.17) is 37.9 Å². The number of carbonyl (C=O) groups excluding carboxylic acids is 1. The summed E-state index contributed by atoms with van der Waals surface area (Å²) in [7, 11) is 1.31. The molecular formula is C36H40O20. The van der Waals surface area contributed by atoms with Gasteiger partial charge >= 0.3 is 0 Å². The molecule has 0 amide bonds. The zero-order valence-electron chi connectivity index (χ0n) is 29.2. The molecule has 20 nitrogen and oxygen atoms in total. The van der Waals surface area contributed by atoms with Crippen molar-refractivity contribution < 1.29 is 98.9 Å². The predicted octanol–water partition coefficient (Wildman–Crippen LogP) is -2.03. The molecule has 2 saturated heterocycles. The smallest absolute Gasteiger partial charge is 0.244 e. The van der Waals surface area contributed by atoms with Crippen molar-refractivity contribution in [3.63, 3.8) is 0 Å². The minimum atomic E-state index is -1.93. The third kappa shape index (κ3) is 7.15. The van der Waals surface area contributed by atoms with Gasteiger partial charge in [-0.3, -0.25) is 4.79 Å². The molecule has 4 aliphatic heterocycles. The van der Waals surface area contributed by atoms with Crippen molar-refractivity contribution in [2.45, 2.75) is 86.0 Å². The van der Waals surface area contributed by atoms with Crippen LogP contribution in [0.5, 0.6) is 40.2 Å². The Bertz CT molecular complexity index is 1900. The summed E-state index contributed by atoms with van der Waals surface area (Å²) in [5.41, 5.74) is 0.199. The first-order valence-electron chi connectivity index (χ1n) is 17.3. The Morgan fingerprint density at radius 1 is 0.607 bits per heavy atom. The van der Waals surface area contributed by atoms with Crippen molar-refractivity contribution in [1.82, 2.24) is 0 Å². The Hall–Kier alpha value is -4.55. The van der Waals surface area contributed by atoms with Gasteiger partial charge in [-0.25, -0.2) is 0 Å². The first-order valence-corrected chi connectivity index (χ1v) is 17.3. The van der Waals surface area contributed by atoms with Crippen LogP contribution in [0.4, 0.5) is 0 Å². The molecule has 0 radical (unpaired) electrons. The van der Waals surface area contributed by atoms with Gasteiger partial charge in [-0.15, -0.1) is 0 Å². The number of phenols is 3. The second-order valence-corrected chi connectivity index (χ2v) is 13.5. The highest BCUT2D eigenvalue weighted by Gasteiger charge is 2.52. The van der Waals surface area contributed by atoms with E-state index < -0.39 is 111 Å². The van der Waals surface area contributed by atoms with E-state index in [9.17, 15) is 61.0 Å². The fourth-order valence-electron chi connectivity index (χ4n) is 6.93. The number of ether oxygens (including phenoxy) is 8. The largest absolute Gasteiger partial charge is 0.508 e. The normalized spacial score (nSPS) is 35.3. The van der Waals surface area contributed by atoms with Gasteiger partial charge in [0.05, 0.1) is 20.3 Å². The van der Waals surface area contributed by atoms with E-state index in [1.54, 1.807) is 0 Å². The maximum absolute atomic E-state index is 13.1. The summed E-state index contributed by atoms with van der Waals surface area (Å²) in [5.74, 6) is -2.10. The van der Waals surface area contributed by atoms with E-state index in [1.807, 2.05) is 0 Å². The van der Waals surface area contributed by atoms with Gasteiger partial charge in [0, 0.05) is 17.7 Å². The van der Waals surface area contributed by atoms with Gasteiger partial charge < -0.3 is 94.1 Å². The van der Waals surface area contributed by atoms with Gasteiger partial charge in [-0.1, -0.05) is 12.1 Å². The van der Waals surface area contributed by atoms with E-state index in [1.165, 1.54) is 43.5 Å². The lowest BCUT2D eigenvalue weighted by Gasteiger charge is -2.46. The van der Waals surface area contributed by atoms with Crippen LogP contribution in [-0.4, -0.2) is 156 Å². The number of carbonyl (C=O) groups is 1. The molecule has 304 valence electrons. The molecule has 7 rings (SSSR count). The standard InChI is InChI=1S/C36H40O20/c1-49-18-6-13(2-4-15(18)40)32-36(56-35-30(48)28(46)33(22(11-38)54-35)55-34-29(47)26(44)24(42)21(10-37)53-34)52-17-5-3-12(7-19(17)50-32)31-27(45)25(43)23-16(41)8-14(39)9-20(23)51-31/h2-9,21-22,24,26-42,44-48H,10-11H2,1H3/t21-,22-,24-,26+,27?,28-,29-,30-,31?,32?,33-,34-,35-,36?/m1/s1. The van der Waals surface area contributed by atoms with Crippen LogP contribution in [0.1, 0.15) is 33.7 Å². The monoisotopic (exact) mass is 792 g/mol. The number of rotatable bonds is 9. The average Bonchev–Trinajstić information content (AvgIpc) is 3.18. The summed E-state index contributed by atoms with van der Waals surface area (Å²) >= 11 is 0. The predicted molar refractivity (Wildman–Crippen MR) is 180 cm³/mol. The van der Waals surface area contributed by atoms with E-state index in [2.05, 4.69) is 0 Å². The number of fused-ring (bicyclic) bond motifs is 2. The van der Waals surface area contributed by atoms with Crippen LogP contribution >= 0.6 is 0 Å². The number of Topliss-reactive ketones (excluding diaryl/α,β-unsaturated/α-hetero) is 1. The molecule has 14 atom stereocenters. The number of phenolic OH excluding ortho intramolecular Hbond substituents is 3. The topological polar surface area (TPSA) is 313 Å². The maximum atomic E-state index is 13.1. The van der Waals surface area contributed by atoms with Crippen molar-refractivity contribution in [2.24, 2.45) is 0 Å². The Labute approximate surface area is 316 Å². The molecule has 3 aromatic rings. The van der Waals surface area contributed by atoms with E-state index >= 15 is 0 Å². The summed E-state index contributed by atoms with van der Waals surface area (Å²) in [4.78, 5) is 13.1. The van der Waals surface area contributed by atoms with Gasteiger partial charge in [0.2, 0.25) is 12.1 Å². The second-order valence-electron chi connectivity index (χ2n) is 13.5. The van der Waals surface area contributed by atoms with Crippen molar-refractivity contribution in [3.05, 3.63) is 65.2 Å². The first kappa shape index (κ1) is 39.7. The number of ketones is 1. The molecule has 4 aliphatic rings. The molecule has 56 heavy (non-hydrogen) atoms. The minimum Gasteiger partial charge on any atom is -0.508 e. The van der Waals surface area contributed by atoms with E-state index in [-0.39, 0.29) is 51.2 Å². The van der Waals surface area contributed by atoms with Gasteiger partial charge in [0.15, 0.2) is 53.9 Å². The Morgan fingerprint density at radius 3 is 1.96 bits per heavy atom. The van der Waals surface area contributed by atoms with E-state index in [0.29, 0.717) is 0 Å². The summed E-state index contributed by atoms with van der Waals surface area (Å²) in [6.45, 7) is -1.60. The van der Waals surface area contributed by atoms with Crippen LogP contribution in [0.25, 0.3) is 0 Å². The molecule has 0 aromatic heterocycles. The molecule has 20 heteroatoms. The Morgan fingerprint density at radius 2 is 1.25 bits per heavy atom. The maximum Gasteiger partial charge on any atom is 0.244 e. The highest BCUT2D eigenvalue weighted by Crippen LogP contribution is 2.47. The molecule has 11 N–H and O–H groups in total. The van der Waals surface area contributed by atoms with Crippen molar-refractivity contribution >= 4 is 5.78 Å². The molecule has 0 bridgehead atoms. The van der Waals surface area contributed by atoms with Crippen LogP contribution in [0.3, 0.4) is 0 Å². The number of aliphatic hydroxyl groups excluding tert-OH is 8. The summed E-state index contributed by atoms with van der Waals surface area (Å²) in [6, 6.07) is 10.5. The molecule has 3 aromatic carbocycles. The third-order valence-corrected chi connectivity index (χ3v) is 9.92.